The van der Waals surface area contributed by atoms with E-state index in [2.05, 4.69) is 10.6 Å². The zero-order valence-corrected chi connectivity index (χ0v) is 22.0. The maximum Gasteiger partial charge on any atom is 0.416 e. The lowest BCUT2D eigenvalue weighted by molar-refractivity contribution is -0.143. The van der Waals surface area contributed by atoms with E-state index in [4.69, 9.17) is 0 Å². The van der Waals surface area contributed by atoms with Crippen LogP contribution in [0.5, 0.6) is 0 Å². The summed E-state index contributed by atoms with van der Waals surface area (Å²) in [6, 6.07) is 3.48. The summed E-state index contributed by atoms with van der Waals surface area (Å²) in [6.45, 7) is 2.57. The molecule has 0 radical (unpaired) electrons. The Bertz CT molecular complexity index is 1270. The van der Waals surface area contributed by atoms with Crippen molar-refractivity contribution in [3.8, 4) is 0 Å². The summed E-state index contributed by atoms with van der Waals surface area (Å²) in [7, 11) is 0. The van der Waals surface area contributed by atoms with Gasteiger partial charge in [-0.15, -0.1) is 0 Å². The van der Waals surface area contributed by atoms with Crippen molar-refractivity contribution in [3.05, 3.63) is 70.0 Å². The molecule has 0 spiro atoms. The molecule has 0 bridgehead atoms. The SMILES string of the molecule is Cc1cc(F)ccc1[C@H]1C[C@@](CC=O)(NC(=O)O)CCN1C(=O)NC[C@H](C)c1cc(C(F)(F)F)cc(C(F)(F)F)c1. The van der Waals surface area contributed by atoms with Crippen molar-refractivity contribution >= 4 is 18.4 Å². The summed E-state index contributed by atoms with van der Waals surface area (Å²) >= 11 is 0. The number of hydrogen-bond donors (Lipinski definition) is 3. The number of alkyl halides is 6. The molecule has 2 aromatic carbocycles. The molecule has 3 amide bonds. The van der Waals surface area contributed by atoms with Crippen LogP contribution in [-0.2, 0) is 17.1 Å². The third-order valence-electron chi connectivity index (χ3n) is 7.23. The molecule has 3 atom stereocenters. The van der Waals surface area contributed by atoms with E-state index in [9.17, 15) is 50.2 Å². The molecule has 0 aliphatic carbocycles. The molecule has 3 N–H and O–H groups in total. The van der Waals surface area contributed by atoms with Gasteiger partial charge in [-0.2, -0.15) is 26.3 Å². The number of halogens is 7. The van der Waals surface area contributed by atoms with Crippen molar-refractivity contribution in [2.24, 2.45) is 0 Å². The third-order valence-corrected chi connectivity index (χ3v) is 7.23. The number of amides is 3. The Labute approximate surface area is 230 Å². The van der Waals surface area contributed by atoms with E-state index in [0.717, 1.165) is 6.07 Å². The van der Waals surface area contributed by atoms with Gasteiger partial charge in [0.2, 0.25) is 0 Å². The van der Waals surface area contributed by atoms with Crippen molar-refractivity contribution in [2.75, 3.05) is 13.1 Å². The molecule has 1 aliphatic heterocycles. The lowest BCUT2D eigenvalue weighted by Crippen LogP contribution is -2.58. The number of aldehydes is 1. The fourth-order valence-electron chi connectivity index (χ4n) is 5.07. The van der Waals surface area contributed by atoms with Gasteiger partial charge in [0.15, 0.2) is 0 Å². The van der Waals surface area contributed by atoms with Crippen LogP contribution in [0.2, 0.25) is 0 Å². The second-order valence-electron chi connectivity index (χ2n) is 10.2. The van der Waals surface area contributed by atoms with Crippen molar-refractivity contribution in [3.63, 3.8) is 0 Å². The molecule has 224 valence electrons. The second kappa shape index (κ2) is 12.0. The number of piperidine rings is 1. The summed E-state index contributed by atoms with van der Waals surface area (Å²) in [6.07, 6.45) is -11.1. The number of carbonyl (C=O) groups is 3. The van der Waals surface area contributed by atoms with Crippen LogP contribution in [0.3, 0.4) is 0 Å². The maximum absolute atomic E-state index is 13.8. The van der Waals surface area contributed by atoms with Crippen LogP contribution in [0.25, 0.3) is 0 Å². The van der Waals surface area contributed by atoms with Crippen LogP contribution in [0.15, 0.2) is 36.4 Å². The lowest BCUT2D eigenvalue weighted by atomic mass is 9.78. The average molecular weight is 592 g/mol. The van der Waals surface area contributed by atoms with Gasteiger partial charge in [0.1, 0.15) is 12.1 Å². The van der Waals surface area contributed by atoms with Crippen LogP contribution in [0.4, 0.5) is 40.3 Å². The number of likely N-dealkylation sites (tertiary alicyclic amines) is 1. The molecular weight excluding hydrogens is 563 g/mol. The van der Waals surface area contributed by atoms with E-state index in [1.54, 1.807) is 6.92 Å². The summed E-state index contributed by atoms with van der Waals surface area (Å²) in [4.78, 5) is 37.5. The zero-order chi connectivity index (χ0) is 30.8. The summed E-state index contributed by atoms with van der Waals surface area (Å²) in [5.41, 5.74) is -3.53. The number of nitrogens with zero attached hydrogens (tertiary/aromatic N) is 1. The highest BCUT2D eigenvalue weighted by atomic mass is 19.4. The maximum atomic E-state index is 13.8. The van der Waals surface area contributed by atoms with Crippen molar-refractivity contribution in [2.45, 2.75) is 63.0 Å². The number of urea groups is 1. The van der Waals surface area contributed by atoms with E-state index < -0.39 is 58.9 Å². The molecule has 0 unspecified atom stereocenters. The van der Waals surface area contributed by atoms with Gasteiger partial charge in [-0.3, -0.25) is 0 Å². The summed E-state index contributed by atoms with van der Waals surface area (Å²) < 4.78 is 93.5. The summed E-state index contributed by atoms with van der Waals surface area (Å²) in [5, 5.41) is 14.3. The zero-order valence-electron chi connectivity index (χ0n) is 22.0. The molecule has 14 heteroatoms. The van der Waals surface area contributed by atoms with Gasteiger partial charge in [0.25, 0.3) is 0 Å². The van der Waals surface area contributed by atoms with Gasteiger partial charge in [0, 0.05) is 19.5 Å². The Morgan fingerprint density at radius 2 is 1.71 bits per heavy atom. The molecule has 1 heterocycles. The predicted octanol–water partition coefficient (Wildman–Crippen LogP) is 6.42. The topological polar surface area (TPSA) is 98.7 Å². The number of hydrogen-bond acceptors (Lipinski definition) is 3. The molecule has 3 rings (SSSR count). The molecule has 41 heavy (non-hydrogen) atoms. The van der Waals surface area contributed by atoms with Gasteiger partial charge in [0.05, 0.1) is 22.7 Å². The molecule has 2 aromatic rings. The first kappa shape index (κ1) is 31.7. The molecule has 0 saturated carbocycles. The molecular formula is C27H28F7N3O4. The molecule has 1 saturated heterocycles. The highest BCUT2D eigenvalue weighted by Gasteiger charge is 2.44. The molecule has 1 fully saturated rings. The fourth-order valence-corrected chi connectivity index (χ4v) is 5.07. The molecule has 1 aliphatic rings. The van der Waals surface area contributed by atoms with Crippen LogP contribution in [-0.4, -0.2) is 47.0 Å². The fraction of sp³-hybridized carbons (Fsp3) is 0.444. The van der Waals surface area contributed by atoms with E-state index in [0.29, 0.717) is 29.5 Å². The van der Waals surface area contributed by atoms with Crippen molar-refractivity contribution in [1.82, 2.24) is 15.5 Å². The Kier molecular flexibility index (Phi) is 9.24. The smallest absolute Gasteiger partial charge is 0.416 e. The largest absolute Gasteiger partial charge is 0.465 e. The van der Waals surface area contributed by atoms with Crippen molar-refractivity contribution in [1.29, 1.82) is 0 Å². The predicted molar refractivity (Wildman–Crippen MR) is 133 cm³/mol. The van der Waals surface area contributed by atoms with E-state index in [-0.39, 0.29) is 44.0 Å². The van der Waals surface area contributed by atoms with Crippen LogP contribution in [0.1, 0.15) is 66.0 Å². The Morgan fingerprint density at radius 1 is 1.10 bits per heavy atom. The number of aryl methyl sites for hydroxylation is 1. The van der Waals surface area contributed by atoms with Gasteiger partial charge in [-0.1, -0.05) is 13.0 Å². The quantitative estimate of drug-likeness (QED) is 0.256. The van der Waals surface area contributed by atoms with Crippen LogP contribution in [0, 0.1) is 12.7 Å². The standard InChI is InChI=1S/C27H28F7N3O4/c1-15-9-20(28)3-4-21(15)22-13-25(6-8-38,36-24(40)41)5-7-37(22)23(39)35-14-16(2)17-10-18(26(29,30)31)12-19(11-17)27(32,33)34/h3-4,8-12,16,22,36H,5-7,13-14H2,1-2H3,(H,35,39)(H,40,41)/t16-,22+,25+/m0/s1. The Hall–Kier alpha value is -3.84. The van der Waals surface area contributed by atoms with Crippen LogP contribution < -0.4 is 10.6 Å². The van der Waals surface area contributed by atoms with Crippen LogP contribution >= 0.6 is 0 Å². The minimum Gasteiger partial charge on any atom is -0.465 e. The monoisotopic (exact) mass is 591 g/mol. The number of rotatable bonds is 7. The Morgan fingerprint density at radius 3 is 2.22 bits per heavy atom. The van der Waals surface area contributed by atoms with E-state index in [1.165, 1.54) is 24.0 Å². The third kappa shape index (κ3) is 7.67. The number of nitrogens with one attached hydrogen (secondary N) is 2. The average Bonchev–Trinajstić information content (AvgIpc) is 2.85. The van der Waals surface area contributed by atoms with Gasteiger partial charge in [-0.25, -0.2) is 14.0 Å². The highest BCUT2D eigenvalue weighted by molar-refractivity contribution is 5.75. The van der Waals surface area contributed by atoms with Gasteiger partial charge >= 0.3 is 24.5 Å². The normalized spacial score (nSPS) is 20.3. The first-order valence-electron chi connectivity index (χ1n) is 12.5. The minimum atomic E-state index is -5.02. The first-order valence-corrected chi connectivity index (χ1v) is 12.5. The number of benzene rings is 2. The highest BCUT2D eigenvalue weighted by Crippen LogP contribution is 2.40. The molecule has 7 nitrogen and oxygen atoms in total. The van der Waals surface area contributed by atoms with E-state index >= 15 is 0 Å². The number of carbonyl (C=O) groups excluding carboxylic acids is 2. The van der Waals surface area contributed by atoms with Gasteiger partial charge < -0.3 is 25.4 Å². The Balaban J connectivity index is 1.88. The summed E-state index contributed by atoms with van der Waals surface area (Å²) in [5.74, 6) is -1.50. The van der Waals surface area contributed by atoms with E-state index in [1.807, 2.05) is 0 Å². The first-order chi connectivity index (χ1) is 19.0. The minimum absolute atomic E-state index is 0.0227. The van der Waals surface area contributed by atoms with Crippen molar-refractivity contribution < 1.29 is 50.2 Å². The van der Waals surface area contributed by atoms with Gasteiger partial charge in [-0.05, 0) is 72.7 Å². The second-order valence-corrected chi connectivity index (χ2v) is 10.2. The lowest BCUT2D eigenvalue weighted by Gasteiger charge is -2.46. The number of carboxylic acid groups (broad SMARTS) is 1. The molecule has 0 aromatic heterocycles.